The van der Waals surface area contributed by atoms with Gasteiger partial charge in [0.2, 0.25) is 0 Å². The Hall–Kier alpha value is -0.960. The molecule has 0 radical (unpaired) electrons. The molecule has 0 aliphatic heterocycles. The minimum atomic E-state index is -0.141. The van der Waals surface area contributed by atoms with E-state index in [0.29, 0.717) is 5.92 Å². The molecule has 1 heterocycles. The zero-order chi connectivity index (χ0) is 12.2. The molecule has 0 aliphatic rings. The van der Waals surface area contributed by atoms with Gasteiger partial charge in [-0.2, -0.15) is 0 Å². The zero-order valence-corrected chi connectivity index (χ0v) is 10.8. The van der Waals surface area contributed by atoms with Gasteiger partial charge in [0.25, 0.3) is 0 Å². The normalized spacial score (nSPS) is 12.1. The summed E-state index contributed by atoms with van der Waals surface area (Å²) in [7, 11) is 0. The van der Waals surface area contributed by atoms with Gasteiger partial charge in [-0.15, -0.1) is 0 Å². The van der Waals surface area contributed by atoms with Gasteiger partial charge in [0.05, 0.1) is 0 Å². The Balaban J connectivity index is 2.60. The molecule has 1 aromatic heterocycles. The molecule has 16 heavy (non-hydrogen) atoms. The first-order valence-corrected chi connectivity index (χ1v) is 5.96. The molecule has 1 rings (SSSR count). The van der Waals surface area contributed by atoms with Gasteiger partial charge < -0.3 is 5.73 Å². The van der Waals surface area contributed by atoms with E-state index in [1.54, 1.807) is 0 Å². The Labute approximate surface area is 98.5 Å². The third-order valence-corrected chi connectivity index (χ3v) is 2.37. The minimum Gasteiger partial charge on any atom is -0.326 e. The van der Waals surface area contributed by atoms with Crippen molar-refractivity contribution in [1.82, 2.24) is 9.97 Å². The van der Waals surface area contributed by atoms with Crippen LogP contribution in [0.15, 0.2) is 12.3 Å². The van der Waals surface area contributed by atoms with E-state index in [1.807, 2.05) is 26.1 Å². The lowest BCUT2D eigenvalue weighted by molar-refractivity contribution is 0.470. The van der Waals surface area contributed by atoms with Crippen molar-refractivity contribution in [1.29, 1.82) is 0 Å². The summed E-state index contributed by atoms with van der Waals surface area (Å²) in [5.41, 5.74) is 6.94. The summed E-state index contributed by atoms with van der Waals surface area (Å²) in [6.07, 6.45) is 4.64. The smallest absolute Gasteiger partial charge is 0.128 e. The van der Waals surface area contributed by atoms with E-state index in [4.69, 9.17) is 5.73 Å². The van der Waals surface area contributed by atoms with Crippen LogP contribution in [0.2, 0.25) is 0 Å². The van der Waals surface area contributed by atoms with E-state index >= 15 is 0 Å². The Morgan fingerprint density at radius 3 is 2.62 bits per heavy atom. The summed E-state index contributed by atoms with van der Waals surface area (Å²) < 4.78 is 0. The fourth-order valence-electron chi connectivity index (χ4n) is 1.53. The quantitative estimate of drug-likeness (QED) is 0.830. The van der Waals surface area contributed by atoms with Gasteiger partial charge in [-0.1, -0.05) is 13.8 Å². The molecule has 0 atom stereocenters. The van der Waals surface area contributed by atoms with Crippen LogP contribution >= 0.6 is 0 Å². The second kappa shape index (κ2) is 5.39. The van der Waals surface area contributed by atoms with Crippen LogP contribution in [0.5, 0.6) is 0 Å². The lowest BCUT2D eigenvalue weighted by atomic mass is 10.00. The highest BCUT2D eigenvalue weighted by atomic mass is 14.9. The summed E-state index contributed by atoms with van der Waals surface area (Å²) in [6.45, 7) is 8.46. The highest BCUT2D eigenvalue weighted by Gasteiger charge is 2.11. The van der Waals surface area contributed by atoms with E-state index < -0.39 is 0 Å². The number of aromatic nitrogens is 2. The SMILES string of the molecule is CC(C)Cc1ccnc(CCC(C)(C)N)n1. The number of rotatable bonds is 5. The maximum Gasteiger partial charge on any atom is 0.128 e. The van der Waals surface area contributed by atoms with Crippen LogP contribution in [0, 0.1) is 5.92 Å². The maximum absolute atomic E-state index is 5.95. The van der Waals surface area contributed by atoms with Gasteiger partial charge in [0, 0.05) is 23.9 Å². The monoisotopic (exact) mass is 221 g/mol. The Bertz CT molecular complexity index is 326. The molecular formula is C13H23N3. The molecule has 0 fully saturated rings. The van der Waals surface area contributed by atoms with Crippen molar-refractivity contribution >= 4 is 0 Å². The van der Waals surface area contributed by atoms with E-state index in [1.165, 1.54) is 0 Å². The highest BCUT2D eigenvalue weighted by molar-refractivity contribution is 5.03. The molecule has 0 bridgehead atoms. The number of hydrogen-bond donors (Lipinski definition) is 1. The van der Waals surface area contributed by atoms with Crippen LogP contribution in [-0.2, 0) is 12.8 Å². The van der Waals surface area contributed by atoms with Crippen LogP contribution in [0.3, 0.4) is 0 Å². The summed E-state index contributed by atoms with van der Waals surface area (Å²) in [6, 6.07) is 2.00. The van der Waals surface area contributed by atoms with E-state index in [9.17, 15) is 0 Å². The van der Waals surface area contributed by atoms with Crippen molar-refractivity contribution < 1.29 is 0 Å². The first-order valence-electron chi connectivity index (χ1n) is 5.96. The Kier molecular flexibility index (Phi) is 4.42. The number of nitrogens with zero attached hydrogens (tertiary/aromatic N) is 2. The van der Waals surface area contributed by atoms with Crippen molar-refractivity contribution in [2.45, 2.75) is 52.5 Å². The maximum atomic E-state index is 5.95. The molecule has 0 aromatic carbocycles. The lowest BCUT2D eigenvalue weighted by Gasteiger charge is -2.17. The third kappa shape index (κ3) is 5.21. The predicted octanol–water partition coefficient (Wildman–Crippen LogP) is 2.35. The minimum absolute atomic E-state index is 0.141. The van der Waals surface area contributed by atoms with Gasteiger partial charge in [-0.05, 0) is 38.7 Å². The topological polar surface area (TPSA) is 51.8 Å². The van der Waals surface area contributed by atoms with Crippen LogP contribution in [0.4, 0.5) is 0 Å². The number of nitrogens with two attached hydrogens (primary N) is 1. The van der Waals surface area contributed by atoms with Gasteiger partial charge in [0.15, 0.2) is 0 Å². The van der Waals surface area contributed by atoms with Crippen LogP contribution in [-0.4, -0.2) is 15.5 Å². The standard InChI is InChI=1S/C13H23N3/c1-10(2)9-11-6-8-15-12(16-11)5-7-13(3,4)14/h6,8,10H,5,7,9,14H2,1-4H3. The Morgan fingerprint density at radius 1 is 1.38 bits per heavy atom. The average Bonchev–Trinajstić information content (AvgIpc) is 2.13. The van der Waals surface area contributed by atoms with E-state index in [0.717, 1.165) is 30.8 Å². The van der Waals surface area contributed by atoms with Crippen molar-refractivity contribution in [2.75, 3.05) is 0 Å². The van der Waals surface area contributed by atoms with Crippen molar-refractivity contribution in [3.8, 4) is 0 Å². The van der Waals surface area contributed by atoms with Crippen molar-refractivity contribution in [3.63, 3.8) is 0 Å². The molecule has 0 spiro atoms. The predicted molar refractivity (Wildman–Crippen MR) is 67.2 cm³/mol. The first-order chi connectivity index (χ1) is 7.37. The van der Waals surface area contributed by atoms with Crippen LogP contribution in [0.1, 0.15) is 45.6 Å². The molecule has 3 heteroatoms. The summed E-state index contributed by atoms with van der Waals surface area (Å²) in [5.74, 6) is 1.55. The molecule has 1 aromatic rings. The fourth-order valence-corrected chi connectivity index (χ4v) is 1.53. The Morgan fingerprint density at radius 2 is 2.06 bits per heavy atom. The molecular weight excluding hydrogens is 198 g/mol. The van der Waals surface area contributed by atoms with Gasteiger partial charge >= 0.3 is 0 Å². The number of hydrogen-bond acceptors (Lipinski definition) is 3. The number of aryl methyl sites for hydroxylation is 1. The van der Waals surface area contributed by atoms with E-state index in [2.05, 4.69) is 23.8 Å². The average molecular weight is 221 g/mol. The van der Waals surface area contributed by atoms with Gasteiger partial charge in [-0.25, -0.2) is 9.97 Å². The second-order valence-corrected chi connectivity index (χ2v) is 5.55. The lowest BCUT2D eigenvalue weighted by Crippen LogP contribution is -2.32. The van der Waals surface area contributed by atoms with Crippen molar-refractivity contribution in [2.24, 2.45) is 11.7 Å². The molecule has 3 nitrogen and oxygen atoms in total. The molecule has 0 unspecified atom stereocenters. The molecule has 0 aliphatic carbocycles. The molecule has 0 amide bonds. The summed E-state index contributed by atoms with van der Waals surface area (Å²) in [4.78, 5) is 8.83. The summed E-state index contributed by atoms with van der Waals surface area (Å²) >= 11 is 0. The third-order valence-electron chi connectivity index (χ3n) is 2.37. The zero-order valence-electron chi connectivity index (χ0n) is 10.8. The first kappa shape index (κ1) is 13.1. The van der Waals surface area contributed by atoms with E-state index in [-0.39, 0.29) is 5.54 Å². The highest BCUT2D eigenvalue weighted by Crippen LogP contribution is 2.09. The van der Waals surface area contributed by atoms with Gasteiger partial charge in [0.1, 0.15) is 5.82 Å². The largest absolute Gasteiger partial charge is 0.326 e. The van der Waals surface area contributed by atoms with Gasteiger partial charge in [-0.3, -0.25) is 0 Å². The van der Waals surface area contributed by atoms with Crippen LogP contribution < -0.4 is 5.73 Å². The molecule has 2 N–H and O–H groups in total. The molecule has 0 saturated carbocycles. The molecule has 90 valence electrons. The second-order valence-electron chi connectivity index (χ2n) is 5.55. The van der Waals surface area contributed by atoms with Crippen LogP contribution in [0.25, 0.3) is 0 Å². The molecule has 0 saturated heterocycles. The fraction of sp³-hybridized carbons (Fsp3) is 0.692. The van der Waals surface area contributed by atoms with Crippen molar-refractivity contribution in [3.05, 3.63) is 23.8 Å². The summed E-state index contributed by atoms with van der Waals surface area (Å²) in [5, 5.41) is 0.